The Morgan fingerprint density at radius 2 is 2.31 bits per heavy atom. The zero-order valence-corrected chi connectivity index (χ0v) is 8.30. The van der Waals surface area contributed by atoms with Gasteiger partial charge in [-0.1, -0.05) is 5.57 Å². The Morgan fingerprint density at radius 1 is 1.54 bits per heavy atom. The van der Waals surface area contributed by atoms with Gasteiger partial charge < -0.3 is 10.1 Å². The van der Waals surface area contributed by atoms with Gasteiger partial charge in [-0.2, -0.15) is 0 Å². The van der Waals surface area contributed by atoms with E-state index >= 15 is 0 Å². The monoisotopic (exact) mass is 183 g/mol. The summed E-state index contributed by atoms with van der Waals surface area (Å²) < 4.78 is 5.25. The summed E-state index contributed by atoms with van der Waals surface area (Å²) in [6, 6.07) is 0.205. The highest BCUT2D eigenvalue weighted by Gasteiger charge is 2.14. The zero-order valence-electron chi connectivity index (χ0n) is 8.30. The first-order chi connectivity index (χ1) is 6.18. The number of carbonyl (C=O) groups excluding carboxylic acids is 1. The van der Waals surface area contributed by atoms with Crippen molar-refractivity contribution in [3.05, 3.63) is 11.6 Å². The fraction of sp³-hybridized carbons (Fsp3) is 0.700. The van der Waals surface area contributed by atoms with Crippen molar-refractivity contribution in [1.29, 1.82) is 0 Å². The molecule has 0 radical (unpaired) electrons. The lowest BCUT2D eigenvalue weighted by molar-refractivity contribution is -0.118. The molecule has 1 amide bonds. The summed E-state index contributed by atoms with van der Waals surface area (Å²) in [6.45, 7) is 5.31. The standard InChI is InChI=1S/C10H17NO2/c1-8(2)6-10(12)11-9-4-3-5-13-7-9/h6,9H,3-5,7H2,1-2H3,(H,11,12). The van der Waals surface area contributed by atoms with E-state index < -0.39 is 0 Å². The highest BCUT2D eigenvalue weighted by atomic mass is 16.5. The lowest BCUT2D eigenvalue weighted by atomic mass is 10.1. The topological polar surface area (TPSA) is 38.3 Å². The van der Waals surface area contributed by atoms with Gasteiger partial charge in [-0.15, -0.1) is 0 Å². The van der Waals surface area contributed by atoms with Crippen LogP contribution in [0.3, 0.4) is 0 Å². The second kappa shape index (κ2) is 5.02. The van der Waals surface area contributed by atoms with Gasteiger partial charge in [0.1, 0.15) is 0 Å². The number of ether oxygens (including phenoxy) is 1. The van der Waals surface area contributed by atoms with E-state index in [2.05, 4.69) is 5.32 Å². The number of allylic oxidation sites excluding steroid dienone is 1. The fourth-order valence-corrected chi connectivity index (χ4v) is 1.36. The number of rotatable bonds is 2. The Morgan fingerprint density at radius 3 is 2.85 bits per heavy atom. The summed E-state index contributed by atoms with van der Waals surface area (Å²) in [7, 11) is 0. The average molecular weight is 183 g/mol. The molecule has 3 heteroatoms. The van der Waals surface area contributed by atoms with Crippen molar-refractivity contribution in [2.75, 3.05) is 13.2 Å². The third-order valence-electron chi connectivity index (χ3n) is 1.93. The van der Waals surface area contributed by atoms with Crippen LogP contribution < -0.4 is 5.32 Å². The van der Waals surface area contributed by atoms with Gasteiger partial charge in [-0.25, -0.2) is 0 Å². The van der Waals surface area contributed by atoms with Crippen molar-refractivity contribution in [3.8, 4) is 0 Å². The minimum absolute atomic E-state index is 0.00417. The molecule has 0 saturated carbocycles. The first-order valence-electron chi connectivity index (χ1n) is 4.71. The summed E-state index contributed by atoms with van der Waals surface area (Å²) in [4.78, 5) is 11.3. The van der Waals surface area contributed by atoms with Crippen LogP contribution in [-0.4, -0.2) is 25.2 Å². The molecular formula is C10H17NO2. The zero-order chi connectivity index (χ0) is 9.68. The maximum absolute atomic E-state index is 11.3. The van der Waals surface area contributed by atoms with Gasteiger partial charge in [0, 0.05) is 12.7 Å². The SMILES string of the molecule is CC(C)=CC(=O)NC1CCCOC1. The molecule has 1 atom stereocenters. The van der Waals surface area contributed by atoms with Gasteiger partial charge in [0.15, 0.2) is 0 Å². The quantitative estimate of drug-likeness (QED) is 0.654. The number of amides is 1. The molecule has 1 saturated heterocycles. The summed E-state index contributed by atoms with van der Waals surface area (Å²) in [6.07, 6.45) is 3.69. The maximum atomic E-state index is 11.3. The minimum Gasteiger partial charge on any atom is -0.379 e. The van der Waals surface area contributed by atoms with Gasteiger partial charge in [-0.05, 0) is 26.7 Å². The van der Waals surface area contributed by atoms with E-state index in [9.17, 15) is 4.79 Å². The molecule has 0 spiro atoms. The summed E-state index contributed by atoms with van der Waals surface area (Å²) in [5, 5.41) is 2.91. The van der Waals surface area contributed by atoms with Crippen LogP contribution in [0.2, 0.25) is 0 Å². The van der Waals surface area contributed by atoms with Crippen molar-refractivity contribution in [2.24, 2.45) is 0 Å². The Kier molecular flexibility index (Phi) is 3.96. The molecule has 1 N–H and O–H groups in total. The van der Waals surface area contributed by atoms with Gasteiger partial charge >= 0.3 is 0 Å². The average Bonchev–Trinajstić information content (AvgIpc) is 2.04. The Bertz CT molecular complexity index is 201. The molecule has 74 valence electrons. The van der Waals surface area contributed by atoms with Crippen LogP contribution in [0.1, 0.15) is 26.7 Å². The van der Waals surface area contributed by atoms with Gasteiger partial charge in [-0.3, -0.25) is 4.79 Å². The van der Waals surface area contributed by atoms with E-state index in [0.29, 0.717) is 6.61 Å². The first-order valence-corrected chi connectivity index (χ1v) is 4.71. The largest absolute Gasteiger partial charge is 0.379 e. The first kappa shape index (κ1) is 10.3. The molecule has 1 fully saturated rings. The normalized spacial score (nSPS) is 22.2. The molecule has 0 aromatic heterocycles. The van der Waals surface area contributed by atoms with E-state index in [1.165, 1.54) is 0 Å². The van der Waals surface area contributed by atoms with E-state index in [4.69, 9.17) is 4.74 Å². The van der Waals surface area contributed by atoms with E-state index in [-0.39, 0.29) is 11.9 Å². The number of hydrogen-bond acceptors (Lipinski definition) is 2. The van der Waals surface area contributed by atoms with Crippen molar-refractivity contribution in [3.63, 3.8) is 0 Å². The molecule has 1 unspecified atom stereocenters. The Labute approximate surface area is 79.2 Å². The fourth-order valence-electron chi connectivity index (χ4n) is 1.36. The van der Waals surface area contributed by atoms with Crippen LogP contribution in [0.15, 0.2) is 11.6 Å². The summed E-state index contributed by atoms with van der Waals surface area (Å²) >= 11 is 0. The number of carbonyl (C=O) groups is 1. The smallest absolute Gasteiger partial charge is 0.244 e. The van der Waals surface area contributed by atoms with Crippen LogP contribution in [0.4, 0.5) is 0 Å². The molecule has 1 rings (SSSR count). The van der Waals surface area contributed by atoms with E-state index in [1.807, 2.05) is 13.8 Å². The van der Waals surface area contributed by atoms with E-state index in [0.717, 1.165) is 25.0 Å². The van der Waals surface area contributed by atoms with Gasteiger partial charge in [0.2, 0.25) is 5.91 Å². The highest BCUT2D eigenvalue weighted by Crippen LogP contribution is 2.05. The predicted octanol–water partition coefficient (Wildman–Crippen LogP) is 1.25. The summed E-state index contributed by atoms with van der Waals surface area (Å²) in [5.41, 5.74) is 1.02. The summed E-state index contributed by atoms with van der Waals surface area (Å²) in [5.74, 6) is -0.00417. The van der Waals surface area contributed by atoms with Crippen molar-refractivity contribution in [2.45, 2.75) is 32.7 Å². The van der Waals surface area contributed by atoms with Crippen LogP contribution in [0, 0.1) is 0 Å². The van der Waals surface area contributed by atoms with Crippen LogP contribution in [0.25, 0.3) is 0 Å². The van der Waals surface area contributed by atoms with Gasteiger partial charge in [0.25, 0.3) is 0 Å². The molecule has 1 aliphatic rings. The molecule has 0 aliphatic carbocycles. The van der Waals surface area contributed by atoms with Crippen LogP contribution in [-0.2, 0) is 9.53 Å². The van der Waals surface area contributed by atoms with Gasteiger partial charge in [0.05, 0.1) is 12.6 Å². The molecule has 1 aliphatic heterocycles. The number of nitrogens with one attached hydrogen (secondary N) is 1. The second-order valence-corrected chi connectivity index (χ2v) is 3.64. The third-order valence-corrected chi connectivity index (χ3v) is 1.93. The van der Waals surface area contributed by atoms with Crippen LogP contribution in [0.5, 0.6) is 0 Å². The molecular weight excluding hydrogens is 166 g/mol. The number of hydrogen-bond donors (Lipinski definition) is 1. The molecule has 0 aromatic carbocycles. The van der Waals surface area contributed by atoms with Crippen molar-refractivity contribution in [1.82, 2.24) is 5.32 Å². The third kappa shape index (κ3) is 4.08. The van der Waals surface area contributed by atoms with E-state index in [1.54, 1.807) is 6.08 Å². The molecule has 3 nitrogen and oxygen atoms in total. The molecule has 1 heterocycles. The maximum Gasteiger partial charge on any atom is 0.244 e. The predicted molar refractivity (Wildman–Crippen MR) is 51.4 cm³/mol. The molecule has 0 aromatic rings. The van der Waals surface area contributed by atoms with Crippen LogP contribution >= 0.6 is 0 Å². The van der Waals surface area contributed by atoms with Crippen molar-refractivity contribution >= 4 is 5.91 Å². The Balaban J connectivity index is 2.30. The van der Waals surface area contributed by atoms with Crippen molar-refractivity contribution < 1.29 is 9.53 Å². The molecule has 0 bridgehead atoms. The lowest BCUT2D eigenvalue weighted by Gasteiger charge is -2.22. The lowest BCUT2D eigenvalue weighted by Crippen LogP contribution is -2.39. The molecule has 13 heavy (non-hydrogen) atoms. The second-order valence-electron chi connectivity index (χ2n) is 3.64. The highest BCUT2D eigenvalue weighted by molar-refractivity contribution is 5.88. The Hall–Kier alpha value is -0.830. The minimum atomic E-state index is -0.00417.